The van der Waals surface area contributed by atoms with Crippen LogP contribution in [0.2, 0.25) is 0 Å². The van der Waals surface area contributed by atoms with Gasteiger partial charge in [-0.1, -0.05) is 25.1 Å². The molecule has 118 valence electrons. The molecule has 1 aromatic carbocycles. The van der Waals surface area contributed by atoms with Crippen molar-refractivity contribution in [3.63, 3.8) is 0 Å². The molecule has 3 atom stereocenters. The minimum Gasteiger partial charge on any atom is -0.393 e. The standard InChI is InChI=1S/C17H28N2O2/c1-12(9-15(4)20)11-18-14(3)10-17(21)19-16-8-6-5-7-13(16)2/h5-8,12,14-15,18,20H,9-11H2,1-4H3,(H,19,21). The molecule has 0 bridgehead atoms. The molecule has 3 unspecified atom stereocenters. The lowest BCUT2D eigenvalue weighted by molar-refractivity contribution is -0.116. The van der Waals surface area contributed by atoms with Crippen LogP contribution in [0.5, 0.6) is 0 Å². The lowest BCUT2D eigenvalue weighted by Crippen LogP contribution is -2.34. The molecule has 0 saturated heterocycles. The Morgan fingerprint density at radius 2 is 1.90 bits per heavy atom. The summed E-state index contributed by atoms with van der Waals surface area (Å²) in [6, 6.07) is 7.89. The van der Waals surface area contributed by atoms with Gasteiger partial charge in [-0.05, 0) is 51.3 Å². The lowest BCUT2D eigenvalue weighted by atomic mass is 10.0. The average Bonchev–Trinajstić information content (AvgIpc) is 2.38. The van der Waals surface area contributed by atoms with Gasteiger partial charge in [0, 0.05) is 18.2 Å². The average molecular weight is 292 g/mol. The largest absolute Gasteiger partial charge is 0.393 e. The quantitative estimate of drug-likeness (QED) is 0.690. The van der Waals surface area contributed by atoms with Crippen LogP contribution in [-0.4, -0.2) is 29.7 Å². The molecule has 0 aromatic heterocycles. The number of hydrogen-bond donors (Lipinski definition) is 3. The summed E-state index contributed by atoms with van der Waals surface area (Å²) in [5.41, 5.74) is 1.94. The zero-order chi connectivity index (χ0) is 15.8. The normalized spacial score (nSPS) is 15.3. The van der Waals surface area contributed by atoms with Gasteiger partial charge in [0.2, 0.25) is 5.91 Å². The van der Waals surface area contributed by atoms with Gasteiger partial charge in [0.1, 0.15) is 0 Å². The molecular weight excluding hydrogens is 264 g/mol. The van der Waals surface area contributed by atoms with Crippen LogP contribution in [0.1, 0.15) is 39.2 Å². The van der Waals surface area contributed by atoms with E-state index in [1.807, 2.05) is 38.1 Å². The number of hydrogen-bond acceptors (Lipinski definition) is 3. The molecule has 0 aliphatic heterocycles. The first-order valence-corrected chi connectivity index (χ1v) is 7.65. The maximum absolute atomic E-state index is 12.0. The van der Waals surface area contributed by atoms with E-state index in [2.05, 4.69) is 17.6 Å². The Morgan fingerprint density at radius 1 is 1.24 bits per heavy atom. The van der Waals surface area contributed by atoms with Gasteiger partial charge in [0.15, 0.2) is 0 Å². The predicted molar refractivity (Wildman–Crippen MR) is 87.4 cm³/mol. The van der Waals surface area contributed by atoms with Gasteiger partial charge in [-0.25, -0.2) is 0 Å². The first-order valence-electron chi connectivity index (χ1n) is 7.65. The molecule has 0 spiro atoms. The number of aryl methyl sites for hydroxylation is 1. The van der Waals surface area contributed by atoms with Crippen LogP contribution in [0.4, 0.5) is 5.69 Å². The number of benzene rings is 1. The predicted octanol–water partition coefficient (Wildman–Crippen LogP) is 2.71. The Morgan fingerprint density at radius 3 is 2.52 bits per heavy atom. The van der Waals surface area contributed by atoms with Crippen LogP contribution in [0.25, 0.3) is 0 Å². The number of carbonyl (C=O) groups excluding carboxylic acids is 1. The van der Waals surface area contributed by atoms with Crippen molar-refractivity contribution < 1.29 is 9.90 Å². The van der Waals surface area contributed by atoms with Crippen molar-refractivity contribution in [3.8, 4) is 0 Å². The number of nitrogens with one attached hydrogen (secondary N) is 2. The number of aliphatic hydroxyl groups is 1. The van der Waals surface area contributed by atoms with Gasteiger partial charge >= 0.3 is 0 Å². The third-order valence-electron chi connectivity index (χ3n) is 3.47. The summed E-state index contributed by atoms with van der Waals surface area (Å²) in [5, 5.41) is 15.6. The van der Waals surface area contributed by atoms with E-state index in [4.69, 9.17) is 0 Å². The summed E-state index contributed by atoms with van der Waals surface area (Å²) >= 11 is 0. The first kappa shape index (κ1) is 17.7. The van der Waals surface area contributed by atoms with Crippen LogP contribution < -0.4 is 10.6 Å². The molecule has 4 heteroatoms. The highest BCUT2D eigenvalue weighted by molar-refractivity contribution is 5.91. The minimum absolute atomic E-state index is 0.0208. The summed E-state index contributed by atoms with van der Waals surface area (Å²) in [5.74, 6) is 0.416. The number of aliphatic hydroxyl groups excluding tert-OH is 1. The second-order valence-corrected chi connectivity index (χ2v) is 6.07. The van der Waals surface area contributed by atoms with Crippen molar-refractivity contribution in [2.24, 2.45) is 5.92 Å². The van der Waals surface area contributed by atoms with Crippen molar-refractivity contribution in [2.45, 2.75) is 52.7 Å². The summed E-state index contributed by atoms with van der Waals surface area (Å²) in [6.45, 7) is 8.70. The van der Waals surface area contributed by atoms with Gasteiger partial charge < -0.3 is 15.7 Å². The third kappa shape index (κ3) is 7.25. The molecule has 0 aliphatic rings. The first-order chi connectivity index (χ1) is 9.88. The number of amides is 1. The highest BCUT2D eigenvalue weighted by atomic mass is 16.3. The molecule has 3 N–H and O–H groups in total. The van der Waals surface area contributed by atoms with E-state index in [0.29, 0.717) is 12.3 Å². The Labute approximate surface area is 128 Å². The van der Waals surface area contributed by atoms with Crippen LogP contribution in [0.15, 0.2) is 24.3 Å². The molecule has 0 fully saturated rings. The molecule has 0 aliphatic carbocycles. The fraction of sp³-hybridized carbons (Fsp3) is 0.588. The molecule has 21 heavy (non-hydrogen) atoms. The van der Waals surface area contributed by atoms with Gasteiger partial charge in [-0.15, -0.1) is 0 Å². The van der Waals surface area contributed by atoms with Crippen molar-refractivity contribution in [3.05, 3.63) is 29.8 Å². The lowest BCUT2D eigenvalue weighted by Gasteiger charge is -2.18. The van der Waals surface area contributed by atoms with E-state index in [1.165, 1.54) is 0 Å². The second-order valence-electron chi connectivity index (χ2n) is 6.07. The Kier molecular flexibility index (Phi) is 7.40. The van der Waals surface area contributed by atoms with Crippen molar-refractivity contribution in [2.75, 3.05) is 11.9 Å². The minimum atomic E-state index is -0.276. The zero-order valence-corrected chi connectivity index (χ0v) is 13.5. The number of para-hydroxylation sites is 1. The fourth-order valence-corrected chi connectivity index (χ4v) is 2.33. The Bertz CT molecular complexity index is 446. The molecule has 1 amide bonds. The van der Waals surface area contributed by atoms with Gasteiger partial charge in [0.25, 0.3) is 0 Å². The van der Waals surface area contributed by atoms with E-state index >= 15 is 0 Å². The van der Waals surface area contributed by atoms with Gasteiger partial charge in [-0.3, -0.25) is 4.79 Å². The van der Waals surface area contributed by atoms with E-state index < -0.39 is 0 Å². The topological polar surface area (TPSA) is 61.4 Å². The van der Waals surface area contributed by atoms with Crippen LogP contribution in [0.3, 0.4) is 0 Å². The van der Waals surface area contributed by atoms with Crippen LogP contribution in [0, 0.1) is 12.8 Å². The monoisotopic (exact) mass is 292 g/mol. The smallest absolute Gasteiger partial charge is 0.225 e. The molecule has 0 saturated carbocycles. The second kappa shape index (κ2) is 8.80. The van der Waals surface area contributed by atoms with Gasteiger partial charge in [-0.2, -0.15) is 0 Å². The maximum atomic E-state index is 12.0. The molecule has 1 rings (SSSR count). The van der Waals surface area contributed by atoms with E-state index in [1.54, 1.807) is 6.92 Å². The SMILES string of the molecule is Cc1ccccc1NC(=O)CC(C)NCC(C)CC(C)O. The van der Waals surface area contributed by atoms with Crippen LogP contribution in [-0.2, 0) is 4.79 Å². The third-order valence-corrected chi connectivity index (χ3v) is 3.47. The number of rotatable bonds is 8. The highest BCUT2D eigenvalue weighted by Gasteiger charge is 2.12. The molecule has 0 radical (unpaired) electrons. The highest BCUT2D eigenvalue weighted by Crippen LogP contribution is 2.13. The van der Waals surface area contributed by atoms with E-state index in [-0.39, 0.29) is 18.1 Å². The summed E-state index contributed by atoms with van der Waals surface area (Å²) in [7, 11) is 0. The number of carbonyl (C=O) groups is 1. The summed E-state index contributed by atoms with van der Waals surface area (Å²) in [6.07, 6.45) is 0.937. The van der Waals surface area contributed by atoms with Crippen LogP contribution >= 0.6 is 0 Å². The van der Waals surface area contributed by atoms with Crippen molar-refractivity contribution in [1.29, 1.82) is 0 Å². The van der Waals surface area contributed by atoms with Gasteiger partial charge in [0.05, 0.1) is 6.10 Å². The van der Waals surface area contributed by atoms with Crippen molar-refractivity contribution >= 4 is 11.6 Å². The Hall–Kier alpha value is -1.39. The zero-order valence-electron chi connectivity index (χ0n) is 13.5. The summed E-state index contributed by atoms with van der Waals surface area (Å²) < 4.78 is 0. The van der Waals surface area contributed by atoms with Crippen molar-refractivity contribution in [1.82, 2.24) is 5.32 Å². The molecule has 0 heterocycles. The molecule has 1 aromatic rings. The molecule has 4 nitrogen and oxygen atoms in total. The fourth-order valence-electron chi connectivity index (χ4n) is 2.33. The maximum Gasteiger partial charge on any atom is 0.225 e. The summed E-state index contributed by atoms with van der Waals surface area (Å²) in [4.78, 5) is 12.0. The molecular formula is C17H28N2O2. The van der Waals surface area contributed by atoms with E-state index in [0.717, 1.165) is 24.2 Å². The number of anilines is 1. The van der Waals surface area contributed by atoms with E-state index in [9.17, 15) is 9.90 Å². The Balaban J connectivity index is 2.32.